The van der Waals surface area contributed by atoms with Crippen LogP contribution < -0.4 is 0 Å². The second-order valence-corrected chi connectivity index (χ2v) is 10.2. The van der Waals surface area contributed by atoms with Gasteiger partial charge in [-0.3, -0.25) is 0 Å². The van der Waals surface area contributed by atoms with Gasteiger partial charge in [0.25, 0.3) is 0 Å². The van der Waals surface area contributed by atoms with Gasteiger partial charge in [-0.2, -0.15) is 0 Å². The molecule has 182 valence electrons. The van der Waals surface area contributed by atoms with Crippen molar-refractivity contribution in [2.45, 2.75) is 162 Å². The van der Waals surface area contributed by atoms with Crippen molar-refractivity contribution in [3.8, 4) is 0 Å². The summed E-state index contributed by atoms with van der Waals surface area (Å²) >= 11 is 0. The molecule has 0 fully saturated rings. The maximum atomic E-state index is 12.6. The summed E-state index contributed by atoms with van der Waals surface area (Å²) in [4.78, 5) is 0. The zero-order chi connectivity index (χ0) is 22.2. The van der Waals surface area contributed by atoms with Crippen LogP contribution >= 0.6 is 0 Å². The van der Waals surface area contributed by atoms with E-state index in [4.69, 9.17) is 0 Å². The third kappa shape index (κ3) is 24.2. The fraction of sp³-hybridized carbons (Fsp3) is 1.00. The number of quaternary nitrogens is 1. The molecule has 2 nitrogen and oxygen atoms in total. The lowest BCUT2D eigenvalue weighted by Crippen LogP contribution is -2.39. The Morgan fingerprint density at radius 1 is 0.367 bits per heavy atom. The summed E-state index contributed by atoms with van der Waals surface area (Å²) in [5.41, 5.74) is 0. The third-order valence-electron chi connectivity index (χ3n) is 6.72. The fourth-order valence-corrected chi connectivity index (χ4v) is 4.51. The van der Waals surface area contributed by atoms with Gasteiger partial charge in [0.15, 0.2) is 0 Å². The second-order valence-electron chi connectivity index (χ2n) is 10.2. The molecule has 0 rings (SSSR count). The molecule has 0 aromatic heterocycles. The number of nitrogens with zero attached hydrogens (tertiary/aromatic N) is 1. The van der Waals surface area contributed by atoms with Crippen LogP contribution in [0.1, 0.15) is 162 Å². The molecule has 1 unspecified atom stereocenters. The highest BCUT2D eigenvalue weighted by atomic mass is 16.5. The van der Waals surface area contributed by atoms with E-state index in [0.717, 1.165) is 25.9 Å². The van der Waals surface area contributed by atoms with Gasteiger partial charge >= 0.3 is 0 Å². The lowest BCUT2D eigenvalue weighted by Gasteiger charge is -2.39. The fourth-order valence-electron chi connectivity index (χ4n) is 4.51. The smallest absolute Gasteiger partial charge is 0.0781 e. The molecule has 0 spiro atoms. The first-order valence-electron chi connectivity index (χ1n) is 14.2. The van der Waals surface area contributed by atoms with Crippen molar-refractivity contribution >= 4 is 0 Å². The van der Waals surface area contributed by atoms with Gasteiger partial charge in [0.1, 0.15) is 0 Å². The Morgan fingerprint density at radius 2 is 0.567 bits per heavy atom. The molecule has 1 atom stereocenters. The van der Waals surface area contributed by atoms with Gasteiger partial charge in [0, 0.05) is 0 Å². The summed E-state index contributed by atoms with van der Waals surface area (Å²) in [6.07, 6.45) is 31.3. The van der Waals surface area contributed by atoms with E-state index in [1.54, 1.807) is 0 Å². The van der Waals surface area contributed by atoms with Crippen molar-refractivity contribution in [3.63, 3.8) is 0 Å². The molecular formula is C28H59NO. The largest absolute Gasteiger partial charge is 0.633 e. The van der Waals surface area contributed by atoms with Gasteiger partial charge in [-0.25, -0.2) is 0 Å². The maximum Gasteiger partial charge on any atom is 0.0781 e. The van der Waals surface area contributed by atoms with E-state index in [-0.39, 0.29) is 4.65 Å². The minimum absolute atomic E-state index is 0.00477. The molecular weight excluding hydrogens is 366 g/mol. The van der Waals surface area contributed by atoms with Crippen LogP contribution in [-0.2, 0) is 0 Å². The Morgan fingerprint density at radius 3 is 0.800 bits per heavy atom. The van der Waals surface area contributed by atoms with E-state index in [2.05, 4.69) is 13.8 Å². The quantitative estimate of drug-likeness (QED) is 0.0810. The molecule has 0 aliphatic heterocycles. The molecule has 2 heteroatoms. The van der Waals surface area contributed by atoms with Crippen molar-refractivity contribution in [1.29, 1.82) is 0 Å². The van der Waals surface area contributed by atoms with Crippen molar-refractivity contribution in [2.24, 2.45) is 0 Å². The van der Waals surface area contributed by atoms with Crippen molar-refractivity contribution < 1.29 is 4.65 Å². The normalized spacial score (nSPS) is 13.6. The van der Waals surface area contributed by atoms with E-state index in [0.29, 0.717) is 0 Å². The first-order valence-corrected chi connectivity index (χ1v) is 14.2. The Labute approximate surface area is 191 Å². The van der Waals surface area contributed by atoms with Crippen LogP contribution in [0, 0.1) is 5.21 Å². The summed E-state index contributed by atoms with van der Waals surface area (Å²) < 4.78 is -0.00477. The number of unbranched alkanes of at least 4 members (excludes halogenated alkanes) is 21. The number of hydrogen-bond donors (Lipinski definition) is 0. The summed E-state index contributed by atoms with van der Waals surface area (Å²) in [6.45, 7) is 6.22. The van der Waals surface area contributed by atoms with E-state index in [1.165, 1.54) is 135 Å². The van der Waals surface area contributed by atoms with Gasteiger partial charge in [-0.15, -0.1) is 0 Å². The van der Waals surface area contributed by atoms with Crippen molar-refractivity contribution in [1.82, 2.24) is 0 Å². The van der Waals surface area contributed by atoms with Crippen LogP contribution in [0.4, 0.5) is 0 Å². The van der Waals surface area contributed by atoms with Gasteiger partial charge in [-0.1, -0.05) is 136 Å². The zero-order valence-electron chi connectivity index (χ0n) is 21.5. The standard InChI is InChI=1S/C28H59NO/c1-4-6-8-10-12-14-16-18-20-22-24-26-28-29(3,30)27-25-23-21-19-17-15-13-11-9-7-5-2/h4-28H2,1-3H3. The molecule has 0 aliphatic rings. The molecule has 0 saturated heterocycles. The van der Waals surface area contributed by atoms with Crippen LogP contribution in [0.2, 0.25) is 0 Å². The molecule has 0 amide bonds. The summed E-state index contributed by atoms with van der Waals surface area (Å²) in [7, 11) is 1.90. The highest BCUT2D eigenvalue weighted by Crippen LogP contribution is 2.15. The molecule has 0 N–H and O–H groups in total. The maximum absolute atomic E-state index is 12.6. The molecule has 0 saturated carbocycles. The van der Waals surface area contributed by atoms with E-state index in [1.807, 2.05) is 7.05 Å². The van der Waals surface area contributed by atoms with Crippen LogP contribution in [0.3, 0.4) is 0 Å². The van der Waals surface area contributed by atoms with Crippen molar-refractivity contribution in [2.75, 3.05) is 20.1 Å². The highest BCUT2D eigenvalue weighted by Gasteiger charge is 2.09. The minimum atomic E-state index is -0.00477. The Bertz CT molecular complexity index is 316. The highest BCUT2D eigenvalue weighted by molar-refractivity contribution is 4.51. The Balaban J connectivity index is 3.29. The lowest BCUT2D eigenvalue weighted by atomic mass is 10.0. The Hall–Kier alpha value is -0.0800. The van der Waals surface area contributed by atoms with Crippen LogP contribution in [-0.4, -0.2) is 24.8 Å². The molecule has 0 radical (unpaired) electrons. The number of hydrogen-bond acceptors (Lipinski definition) is 1. The average molecular weight is 426 g/mol. The third-order valence-corrected chi connectivity index (χ3v) is 6.72. The molecule has 0 bridgehead atoms. The summed E-state index contributed by atoms with van der Waals surface area (Å²) in [6, 6.07) is 0. The molecule has 0 aromatic rings. The van der Waals surface area contributed by atoms with E-state index < -0.39 is 0 Å². The minimum Gasteiger partial charge on any atom is -0.633 e. The van der Waals surface area contributed by atoms with Gasteiger partial charge in [0.2, 0.25) is 0 Å². The average Bonchev–Trinajstić information content (AvgIpc) is 2.72. The zero-order valence-corrected chi connectivity index (χ0v) is 21.5. The second kappa shape index (κ2) is 23.6. The first-order chi connectivity index (χ1) is 14.6. The van der Waals surface area contributed by atoms with Gasteiger partial charge in [0.05, 0.1) is 20.1 Å². The molecule has 30 heavy (non-hydrogen) atoms. The molecule has 0 heterocycles. The monoisotopic (exact) mass is 425 g/mol. The topological polar surface area (TPSA) is 23.1 Å². The van der Waals surface area contributed by atoms with Crippen LogP contribution in [0.25, 0.3) is 0 Å². The van der Waals surface area contributed by atoms with Gasteiger partial charge < -0.3 is 9.85 Å². The van der Waals surface area contributed by atoms with E-state index in [9.17, 15) is 5.21 Å². The lowest BCUT2D eigenvalue weighted by molar-refractivity contribution is -0.861. The van der Waals surface area contributed by atoms with Gasteiger partial charge in [-0.05, 0) is 25.7 Å². The number of hydroxylamine groups is 3. The van der Waals surface area contributed by atoms with Crippen LogP contribution in [0.5, 0.6) is 0 Å². The first kappa shape index (κ1) is 29.9. The van der Waals surface area contributed by atoms with Crippen LogP contribution in [0.15, 0.2) is 0 Å². The number of rotatable bonds is 25. The summed E-state index contributed by atoms with van der Waals surface area (Å²) in [5, 5.41) is 12.6. The van der Waals surface area contributed by atoms with Crippen molar-refractivity contribution in [3.05, 3.63) is 5.21 Å². The molecule has 0 aliphatic carbocycles. The SMILES string of the molecule is CCCCCCCCCCCCCC[N+](C)([O-])CCCCCCCCCCCCC. The Kier molecular flexibility index (Phi) is 23.5. The predicted molar refractivity (Wildman–Crippen MR) is 137 cm³/mol. The molecule has 0 aromatic carbocycles. The summed E-state index contributed by atoms with van der Waals surface area (Å²) in [5.74, 6) is 0. The predicted octanol–water partition coefficient (Wildman–Crippen LogP) is 9.94. The van der Waals surface area contributed by atoms with E-state index >= 15 is 0 Å².